The summed E-state index contributed by atoms with van der Waals surface area (Å²) in [6.45, 7) is 3.82. The Labute approximate surface area is 491 Å². The average Bonchev–Trinajstić information content (AvgIpc) is 1.87. The van der Waals surface area contributed by atoms with Crippen LogP contribution in [0.1, 0.15) is 49.4 Å². The molecule has 8 aromatic rings. The van der Waals surface area contributed by atoms with Gasteiger partial charge in [0.1, 0.15) is 84.2 Å². The molecule has 18 atom stereocenters. The molecule has 6 saturated heterocycles. The molecule has 472 valence electrons. The number of rotatable bonds is 4. The van der Waals surface area contributed by atoms with Gasteiger partial charge in [-0.15, -0.1) is 0 Å². The molecular formula is C44H54N18O22P4. The van der Waals surface area contributed by atoms with Crippen molar-refractivity contribution in [2.45, 2.75) is 113 Å². The van der Waals surface area contributed by atoms with Gasteiger partial charge in [0, 0.05) is 26.2 Å². The summed E-state index contributed by atoms with van der Waals surface area (Å²) in [4.78, 5) is 92.5. The minimum atomic E-state index is -4.85. The lowest BCUT2D eigenvalue weighted by Gasteiger charge is -2.26. The van der Waals surface area contributed by atoms with Crippen LogP contribution in [0.4, 0.5) is 11.6 Å². The van der Waals surface area contributed by atoms with Gasteiger partial charge in [-0.25, -0.2) is 59.0 Å². The highest BCUT2D eigenvalue weighted by Gasteiger charge is 2.54. The highest BCUT2D eigenvalue weighted by Crippen LogP contribution is 2.56. The van der Waals surface area contributed by atoms with Crippen molar-refractivity contribution in [1.29, 1.82) is 0 Å². The number of ether oxygens (including phenoxy) is 4. The average molecular weight is 1310 g/mol. The zero-order valence-electron chi connectivity index (χ0n) is 46.1. The Balaban J connectivity index is 0.000000162. The summed E-state index contributed by atoms with van der Waals surface area (Å²) in [5.41, 5.74) is 12.2. The number of imidazole rings is 4. The van der Waals surface area contributed by atoms with Gasteiger partial charge in [0.2, 0.25) is 0 Å². The first kappa shape index (κ1) is 60.6. The minimum absolute atomic E-state index is 0.0496. The fourth-order valence-electron chi connectivity index (χ4n) is 11.0. The van der Waals surface area contributed by atoms with E-state index in [-0.39, 0.29) is 69.1 Å². The maximum absolute atomic E-state index is 13.6. The third-order valence-electron chi connectivity index (χ3n) is 14.8. The third kappa shape index (κ3) is 11.7. The van der Waals surface area contributed by atoms with Crippen LogP contribution in [-0.4, -0.2) is 199 Å². The number of aliphatic hydroxyl groups excluding tert-OH is 2. The van der Waals surface area contributed by atoms with Crippen LogP contribution in [-0.2, 0) is 73.4 Å². The number of phosphoric acid groups is 2. The molecular weight excluding hydrogens is 1260 g/mol. The molecule has 0 amide bonds. The first-order valence-corrected chi connectivity index (χ1v) is 33.6. The van der Waals surface area contributed by atoms with Crippen molar-refractivity contribution in [3.05, 3.63) is 70.3 Å². The van der Waals surface area contributed by atoms with Gasteiger partial charge in [-0.05, 0) is 13.8 Å². The van der Waals surface area contributed by atoms with Crippen LogP contribution in [0.15, 0.2) is 47.6 Å². The molecule has 0 aliphatic carbocycles. The Kier molecular flexibility index (Phi) is 15.7. The summed E-state index contributed by atoms with van der Waals surface area (Å²) in [6.07, 6.45) is -8.81. The molecule has 44 heteroatoms. The van der Waals surface area contributed by atoms with E-state index in [0.717, 1.165) is 0 Å². The monoisotopic (exact) mass is 1310 g/mol. The molecule has 88 heavy (non-hydrogen) atoms. The summed E-state index contributed by atoms with van der Waals surface area (Å²) in [7, 11) is -17.5. The zero-order chi connectivity index (χ0) is 61.9. The quantitative estimate of drug-likeness (QED) is 0.110. The second-order valence-corrected chi connectivity index (χ2v) is 27.9. The van der Waals surface area contributed by atoms with Crippen LogP contribution in [0.2, 0.25) is 0 Å². The van der Waals surface area contributed by atoms with Crippen molar-refractivity contribution in [1.82, 2.24) is 78.1 Å². The highest BCUT2D eigenvalue weighted by atomic mass is 31.2. The predicted octanol–water partition coefficient (Wildman–Crippen LogP) is 0.273. The fraction of sp³-hybridized carbons (Fsp3) is 0.545. The number of phosphoric ester groups is 2. The first-order chi connectivity index (χ1) is 41.8. The standard InChI is InChI=1S/2C22H27N9O11P2/c2*1-9-28-19-14(20(33)29-9)27-8-31(19)21-11-3-10(39-21)4-38-44(35,36)42-16-12(5-37-43(2,34)41-11)40-22(15(16)32)30-7-26-13-17(23)24-6-25-18(13)30/h2*6-8,10-12,15-16,21-22,32H,3-5H2,1-2H3,(H,35,36)(H2,23,24,25)(H,28,29,33)/t2*10-,11-,12+,15?,16-,21+,22+,43?/m00/s1. The summed E-state index contributed by atoms with van der Waals surface area (Å²) >= 11 is 0. The topological polar surface area (TPSA) is 526 Å². The second kappa shape index (κ2) is 22.9. The van der Waals surface area contributed by atoms with Gasteiger partial charge in [0.15, 0.2) is 70.2 Å². The molecule has 14 rings (SSSR count). The van der Waals surface area contributed by atoms with E-state index in [4.69, 9.17) is 66.6 Å². The molecule has 10 N–H and O–H groups in total. The summed E-state index contributed by atoms with van der Waals surface area (Å²) in [5, 5.41) is 22.4. The van der Waals surface area contributed by atoms with Crippen molar-refractivity contribution in [2.24, 2.45) is 0 Å². The normalized spacial score (nSPS) is 36.6. The number of nitrogens with two attached hydrogens (primary N) is 2. The molecule has 0 radical (unpaired) electrons. The molecule has 6 unspecified atom stereocenters. The number of hydrogen-bond donors (Lipinski definition) is 8. The van der Waals surface area contributed by atoms with Gasteiger partial charge in [0.05, 0.1) is 63.9 Å². The number of hydrogen-bond acceptors (Lipinski definition) is 32. The van der Waals surface area contributed by atoms with Crippen molar-refractivity contribution in [3.8, 4) is 0 Å². The predicted molar refractivity (Wildman–Crippen MR) is 292 cm³/mol. The van der Waals surface area contributed by atoms with E-state index < -0.39 is 154 Å². The number of aryl methyl sites for hydroxylation is 2. The number of nitrogens with one attached hydrogen (secondary N) is 2. The van der Waals surface area contributed by atoms with Crippen molar-refractivity contribution in [2.75, 3.05) is 51.2 Å². The van der Waals surface area contributed by atoms with Crippen LogP contribution in [0.3, 0.4) is 0 Å². The van der Waals surface area contributed by atoms with Crippen LogP contribution >= 0.6 is 30.8 Å². The molecule has 6 aliphatic heterocycles. The number of aromatic amines is 2. The Morgan fingerprint density at radius 2 is 0.864 bits per heavy atom. The maximum Gasteiger partial charge on any atom is 0.472 e. The molecule has 14 heterocycles. The number of nitrogens with zero attached hydrogens (tertiary/aromatic N) is 14. The highest BCUT2D eigenvalue weighted by molar-refractivity contribution is 7.53. The van der Waals surface area contributed by atoms with Gasteiger partial charge in [-0.2, -0.15) is 0 Å². The van der Waals surface area contributed by atoms with Crippen molar-refractivity contribution >= 4 is 87.1 Å². The third-order valence-corrected chi connectivity index (χ3v) is 19.4. The maximum atomic E-state index is 13.6. The number of nitrogen functional groups attached to an aromatic ring is 2. The van der Waals surface area contributed by atoms with Gasteiger partial charge in [0.25, 0.3) is 11.1 Å². The molecule has 6 fully saturated rings. The molecule has 8 aromatic heterocycles. The smallest absolute Gasteiger partial charge is 0.386 e. The minimum Gasteiger partial charge on any atom is -0.386 e. The van der Waals surface area contributed by atoms with E-state index in [1.54, 1.807) is 13.8 Å². The summed E-state index contributed by atoms with van der Waals surface area (Å²) < 4.78 is 128. The van der Waals surface area contributed by atoms with E-state index in [1.807, 2.05) is 0 Å². The SMILES string of the molecule is Cc1nc2c(ncn2[C@@H]2O[C@@H]3COP(=O)(O)O[C@@H]4C(O)[C@H](n5cnc6c(N)ncnc65)O[C@@H]4COP(C)(=O)O[C@H]2C3)c(=O)[nH]1.Cc1nc2c(ncn2[C@@H]2O[C@@H]3COP(=O)(O)O[C@@H]4C(O)[C@H](n5cnc6c(N)ncnc65)O[C@@H]4COP(C)(=O)O[C@H]2C3)c(=O)[nH]1. The van der Waals surface area contributed by atoms with E-state index in [0.29, 0.717) is 11.6 Å². The Hall–Kier alpha value is -6.32. The number of anilines is 2. The Morgan fingerprint density at radius 3 is 1.26 bits per heavy atom. The van der Waals surface area contributed by atoms with Crippen LogP contribution < -0.4 is 22.6 Å². The number of aliphatic hydroxyl groups is 2. The lowest BCUT2D eigenvalue weighted by molar-refractivity contribution is -0.0620. The molecule has 40 nitrogen and oxygen atoms in total. The molecule has 0 saturated carbocycles. The van der Waals surface area contributed by atoms with Crippen LogP contribution in [0.25, 0.3) is 44.7 Å². The summed E-state index contributed by atoms with van der Waals surface area (Å²) in [6, 6.07) is 0. The van der Waals surface area contributed by atoms with Gasteiger partial charge < -0.3 is 78.5 Å². The van der Waals surface area contributed by atoms with E-state index in [9.17, 15) is 47.8 Å². The number of fused-ring (bicyclic) bond motifs is 10. The molecule has 0 aromatic carbocycles. The molecule has 4 bridgehead atoms. The van der Waals surface area contributed by atoms with E-state index >= 15 is 0 Å². The van der Waals surface area contributed by atoms with E-state index in [2.05, 4.69) is 59.8 Å². The number of aromatic nitrogens is 16. The van der Waals surface area contributed by atoms with Crippen molar-refractivity contribution < 1.29 is 93.4 Å². The molecule has 0 spiro atoms. The fourth-order valence-corrected chi connectivity index (χ4v) is 15.3. The van der Waals surface area contributed by atoms with Crippen LogP contribution in [0, 0.1) is 13.8 Å². The zero-order valence-corrected chi connectivity index (χ0v) is 49.7. The van der Waals surface area contributed by atoms with Crippen molar-refractivity contribution in [3.63, 3.8) is 0 Å². The second-order valence-electron chi connectivity index (χ2n) is 21.1. The van der Waals surface area contributed by atoms with Gasteiger partial charge >= 0.3 is 30.8 Å². The summed E-state index contributed by atoms with van der Waals surface area (Å²) in [5.74, 6) is 0.848. The first-order valence-electron chi connectivity index (χ1n) is 26.6. The molecule has 6 aliphatic rings. The van der Waals surface area contributed by atoms with Crippen LogP contribution in [0.5, 0.6) is 0 Å². The lowest BCUT2D eigenvalue weighted by Crippen LogP contribution is -2.36. The van der Waals surface area contributed by atoms with E-state index in [1.165, 1.54) is 69.6 Å². The van der Waals surface area contributed by atoms with Gasteiger partial charge in [-0.3, -0.25) is 55.1 Å². The van der Waals surface area contributed by atoms with Gasteiger partial charge in [-0.1, -0.05) is 0 Å². The Bertz CT molecular complexity index is 4070. The Morgan fingerprint density at radius 1 is 0.489 bits per heavy atom. The largest absolute Gasteiger partial charge is 0.472 e. The number of H-pyrrole nitrogens is 2. The lowest BCUT2D eigenvalue weighted by atomic mass is 10.1.